The molecular formula is C19H15ClO5. The highest BCUT2D eigenvalue weighted by atomic mass is 35.5. The molecule has 3 aromatic rings. The molecule has 0 bridgehead atoms. The Morgan fingerprint density at radius 1 is 1.16 bits per heavy atom. The highest BCUT2D eigenvalue weighted by Crippen LogP contribution is 2.26. The van der Waals surface area contributed by atoms with Gasteiger partial charge >= 0.3 is 11.6 Å². The SMILES string of the molecule is COC(=O)c1ccc(OCc2cc(=O)oc3cc(C)c(Cl)cc23)cc1. The van der Waals surface area contributed by atoms with Crippen LogP contribution in [0.4, 0.5) is 0 Å². The largest absolute Gasteiger partial charge is 0.489 e. The van der Waals surface area contributed by atoms with Gasteiger partial charge in [0, 0.05) is 22.0 Å². The molecule has 0 aliphatic rings. The number of aryl methyl sites for hydroxylation is 1. The molecule has 5 nitrogen and oxygen atoms in total. The minimum atomic E-state index is -0.450. The van der Waals surface area contributed by atoms with E-state index in [1.54, 1.807) is 36.4 Å². The van der Waals surface area contributed by atoms with Crippen LogP contribution in [0.2, 0.25) is 5.02 Å². The Morgan fingerprint density at radius 2 is 1.88 bits per heavy atom. The van der Waals surface area contributed by atoms with Crippen molar-refractivity contribution < 1.29 is 18.7 Å². The molecule has 25 heavy (non-hydrogen) atoms. The summed E-state index contributed by atoms with van der Waals surface area (Å²) in [6.45, 7) is 2.01. The number of hydrogen-bond donors (Lipinski definition) is 0. The third kappa shape index (κ3) is 3.67. The van der Waals surface area contributed by atoms with Gasteiger partial charge in [-0.15, -0.1) is 0 Å². The summed E-state index contributed by atoms with van der Waals surface area (Å²) in [7, 11) is 1.33. The lowest BCUT2D eigenvalue weighted by Crippen LogP contribution is -2.05. The summed E-state index contributed by atoms with van der Waals surface area (Å²) in [5.41, 5.74) is 1.95. The highest BCUT2D eigenvalue weighted by Gasteiger charge is 2.10. The lowest BCUT2D eigenvalue weighted by Gasteiger charge is -2.10. The number of rotatable bonds is 4. The van der Waals surface area contributed by atoms with Crippen LogP contribution in [0.15, 0.2) is 51.7 Å². The van der Waals surface area contributed by atoms with Gasteiger partial charge in [-0.05, 0) is 48.9 Å². The molecule has 6 heteroatoms. The molecule has 0 radical (unpaired) electrons. The second-order valence-electron chi connectivity index (χ2n) is 5.49. The van der Waals surface area contributed by atoms with Crippen LogP contribution in [-0.2, 0) is 11.3 Å². The van der Waals surface area contributed by atoms with E-state index in [0.717, 1.165) is 10.9 Å². The molecule has 2 aromatic carbocycles. The van der Waals surface area contributed by atoms with Crippen molar-refractivity contribution in [3.05, 3.63) is 74.6 Å². The molecule has 128 valence electrons. The van der Waals surface area contributed by atoms with Crippen LogP contribution in [0, 0.1) is 6.92 Å². The summed E-state index contributed by atoms with van der Waals surface area (Å²) in [6, 6.07) is 11.4. The van der Waals surface area contributed by atoms with Crippen LogP contribution >= 0.6 is 11.6 Å². The van der Waals surface area contributed by atoms with Gasteiger partial charge in [0.1, 0.15) is 17.9 Å². The van der Waals surface area contributed by atoms with E-state index in [1.807, 2.05) is 6.92 Å². The first-order valence-electron chi connectivity index (χ1n) is 7.52. The molecule has 0 fully saturated rings. The molecular weight excluding hydrogens is 344 g/mol. The third-order valence-corrected chi connectivity index (χ3v) is 4.19. The summed E-state index contributed by atoms with van der Waals surface area (Å²) >= 11 is 6.17. The first-order chi connectivity index (χ1) is 12.0. The molecule has 0 amide bonds. The van der Waals surface area contributed by atoms with Gasteiger partial charge < -0.3 is 13.9 Å². The van der Waals surface area contributed by atoms with E-state index < -0.39 is 11.6 Å². The number of esters is 1. The fraction of sp³-hybridized carbons (Fsp3) is 0.158. The number of halogens is 1. The van der Waals surface area contributed by atoms with Gasteiger partial charge in [0.05, 0.1) is 12.7 Å². The lowest BCUT2D eigenvalue weighted by atomic mass is 10.1. The summed E-state index contributed by atoms with van der Waals surface area (Å²) in [4.78, 5) is 23.2. The Kier molecular flexibility index (Phi) is 4.76. The van der Waals surface area contributed by atoms with Crippen LogP contribution in [0.1, 0.15) is 21.5 Å². The molecule has 0 atom stereocenters. The predicted molar refractivity (Wildman–Crippen MR) is 94.3 cm³/mol. The molecule has 0 aliphatic carbocycles. The van der Waals surface area contributed by atoms with E-state index in [9.17, 15) is 9.59 Å². The Bertz CT molecular complexity index is 989. The number of fused-ring (bicyclic) bond motifs is 1. The molecule has 1 aromatic heterocycles. The monoisotopic (exact) mass is 358 g/mol. The average Bonchev–Trinajstić information content (AvgIpc) is 2.61. The fourth-order valence-electron chi connectivity index (χ4n) is 2.43. The Labute approximate surface area is 148 Å². The van der Waals surface area contributed by atoms with Crippen LogP contribution in [0.5, 0.6) is 5.75 Å². The second-order valence-corrected chi connectivity index (χ2v) is 5.90. The Hall–Kier alpha value is -2.79. The van der Waals surface area contributed by atoms with Gasteiger partial charge in [-0.1, -0.05) is 11.6 Å². The normalized spacial score (nSPS) is 10.7. The number of methoxy groups -OCH3 is 1. The van der Waals surface area contributed by atoms with E-state index in [2.05, 4.69) is 4.74 Å². The molecule has 0 unspecified atom stereocenters. The van der Waals surface area contributed by atoms with Crippen molar-refractivity contribution in [2.45, 2.75) is 13.5 Å². The van der Waals surface area contributed by atoms with E-state index in [4.69, 9.17) is 20.8 Å². The Balaban J connectivity index is 1.87. The van der Waals surface area contributed by atoms with Crippen molar-refractivity contribution in [2.24, 2.45) is 0 Å². The van der Waals surface area contributed by atoms with Crippen molar-refractivity contribution in [1.82, 2.24) is 0 Å². The predicted octanol–water partition coefficient (Wildman–Crippen LogP) is 4.12. The minimum absolute atomic E-state index is 0.166. The topological polar surface area (TPSA) is 65.7 Å². The fourth-order valence-corrected chi connectivity index (χ4v) is 2.60. The van der Waals surface area contributed by atoms with E-state index in [-0.39, 0.29) is 6.61 Å². The summed E-state index contributed by atoms with van der Waals surface area (Å²) in [5.74, 6) is 0.149. The maximum Gasteiger partial charge on any atom is 0.337 e. The van der Waals surface area contributed by atoms with Gasteiger partial charge in [0.2, 0.25) is 0 Å². The first kappa shape index (κ1) is 17.0. The maximum atomic E-state index is 11.8. The second kappa shape index (κ2) is 6.99. The van der Waals surface area contributed by atoms with Crippen molar-refractivity contribution in [3.63, 3.8) is 0 Å². The zero-order valence-corrected chi connectivity index (χ0v) is 14.4. The van der Waals surface area contributed by atoms with Crippen molar-refractivity contribution >= 4 is 28.5 Å². The number of hydrogen-bond acceptors (Lipinski definition) is 5. The summed E-state index contributed by atoms with van der Waals surface area (Å²) in [6.07, 6.45) is 0. The summed E-state index contributed by atoms with van der Waals surface area (Å²) in [5, 5.41) is 1.31. The molecule has 0 saturated heterocycles. The standard InChI is InChI=1S/C19H15ClO5/c1-11-7-17-15(9-16(11)20)13(8-18(21)25-17)10-24-14-5-3-12(4-6-14)19(22)23-2/h3-9H,10H2,1-2H3. The van der Waals surface area contributed by atoms with Crippen molar-refractivity contribution in [2.75, 3.05) is 7.11 Å². The molecule has 0 spiro atoms. The van der Waals surface area contributed by atoms with Crippen LogP contribution in [-0.4, -0.2) is 13.1 Å². The van der Waals surface area contributed by atoms with Gasteiger partial charge in [-0.2, -0.15) is 0 Å². The van der Waals surface area contributed by atoms with Crippen LogP contribution < -0.4 is 10.4 Å². The van der Waals surface area contributed by atoms with E-state index in [0.29, 0.717) is 27.5 Å². The molecule has 0 aliphatic heterocycles. The molecule has 0 saturated carbocycles. The van der Waals surface area contributed by atoms with Crippen LogP contribution in [0.3, 0.4) is 0 Å². The Morgan fingerprint density at radius 3 is 2.56 bits per heavy atom. The van der Waals surface area contributed by atoms with Crippen LogP contribution in [0.25, 0.3) is 11.0 Å². The third-order valence-electron chi connectivity index (χ3n) is 3.78. The van der Waals surface area contributed by atoms with E-state index >= 15 is 0 Å². The number of carbonyl (C=O) groups is 1. The molecule has 0 N–H and O–H groups in total. The van der Waals surface area contributed by atoms with Crippen molar-refractivity contribution in [3.8, 4) is 5.75 Å². The van der Waals surface area contributed by atoms with Gasteiger partial charge in [-0.25, -0.2) is 9.59 Å². The minimum Gasteiger partial charge on any atom is -0.489 e. The zero-order valence-electron chi connectivity index (χ0n) is 13.7. The quantitative estimate of drug-likeness (QED) is 0.518. The molecule has 1 heterocycles. The summed E-state index contributed by atoms with van der Waals surface area (Å²) < 4.78 is 15.6. The maximum absolute atomic E-state index is 11.8. The average molecular weight is 359 g/mol. The number of ether oxygens (including phenoxy) is 2. The van der Waals surface area contributed by atoms with Crippen molar-refractivity contribution in [1.29, 1.82) is 0 Å². The number of carbonyl (C=O) groups excluding carboxylic acids is 1. The molecule has 3 rings (SSSR count). The smallest absolute Gasteiger partial charge is 0.337 e. The first-order valence-corrected chi connectivity index (χ1v) is 7.90. The zero-order chi connectivity index (χ0) is 18.0. The highest BCUT2D eigenvalue weighted by molar-refractivity contribution is 6.32. The van der Waals surface area contributed by atoms with E-state index in [1.165, 1.54) is 13.2 Å². The van der Waals surface area contributed by atoms with Gasteiger partial charge in [0.15, 0.2) is 0 Å². The lowest BCUT2D eigenvalue weighted by molar-refractivity contribution is 0.0600. The van der Waals surface area contributed by atoms with Gasteiger partial charge in [-0.3, -0.25) is 0 Å². The number of benzene rings is 2. The van der Waals surface area contributed by atoms with Gasteiger partial charge in [0.25, 0.3) is 0 Å².